The van der Waals surface area contributed by atoms with E-state index < -0.39 is 0 Å². The second-order valence-corrected chi connectivity index (χ2v) is 5.53. The first-order valence-corrected chi connectivity index (χ1v) is 7.59. The molecule has 0 aliphatic rings. The molecule has 1 aromatic heterocycles. The number of aliphatic imine (C=N–C) groups is 1. The smallest absolute Gasteiger partial charge is 0.271 e. The summed E-state index contributed by atoms with van der Waals surface area (Å²) in [5, 5.41) is 11.0. The number of hydrogen-bond acceptors (Lipinski definition) is 3. The highest BCUT2D eigenvalue weighted by Gasteiger charge is 2.12. The van der Waals surface area contributed by atoms with Crippen LogP contribution in [0.3, 0.4) is 0 Å². The van der Waals surface area contributed by atoms with Crippen LogP contribution in [0.15, 0.2) is 65.7 Å². The monoisotopic (exact) mass is 319 g/mol. The van der Waals surface area contributed by atoms with Crippen LogP contribution in [0.2, 0.25) is 0 Å². The zero-order valence-electron chi connectivity index (χ0n) is 13.5. The van der Waals surface area contributed by atoms with Crippen LogP contribution in [0.25, 0.3) is 5.69 Å². The molecular formula is C19H17N3O2. The molecule has 0 aliphatic carbocycles. The minimum atomic E-state index is -0.380. The molecule has 0 saturated heterocycles. The molecule has 0 bridgehead atoms. The summed E-state index contributed by atoms with van der Waals surface area (Å²) in [5.41, 5.74) is 4.73. The van der Waals surface area contributed by atoms with Gasteiger partial charge < -0.3 is 4.57 Å². The lowest BCUT2D eigenvalue weighted by molar-refractivity contribution is -0.384. The average Bonchev–Trinajstić information content (AvgIpc) is 2.88. The van der Waals surface area contributed by atoms with Crippen LogP contribution in [0.1, 0.15) is 17.0 Å². The van der Waals surface area contributed by atoms with Crippen LogP contribution in [0.4, 0.5) is 11.4 Å². The number of benzene rings is 2. The number of non-ortho nitro benzene ring substituents is 1. The van der Waals surface area contributed by atoms with E-state index in [4.69, 9.17) is 0 Å². The molecular weight excluding hydrogens is 302 g/mol. The summed E-state index contributed by atoms with van der Waals surface area (Å²) in [7, 11) is 0. The van der Waals surface area contributed by atoms with Crippen molar-refractivity contribution in [2.45, 2.75) is 13.8 Å². The van der Waals surface area contributed by atoms with Gasteiger partial charge in [-0.1, -0.05) is 24.3 Å². The van der Waals surface area contributed by atoms with E-state index >= 15 is 0 Å². The quantitative estimate of drug-likeness (QED) is 0.396. The predicted molar refractivity (Wildman–Crippen MR) is 95.6 cm³/mol. The predicted octanol–water partition coefficient (Wildman–Crippen LogP) is 4.75. The minimum Gasteiger partial charge on any atom is -0.318 e. The van der Waals surface area contributed by atoms with Crippen molar-refractivity contribution in [1.82, 2.24) is 4.57 Å². The largest absolute Gasteiger partial charge is 0.318 e. The van der Waals surface area contributed by atoms with Gasteiger partial charge in [-0.2, -0.15) is 0 Å². The van der Waals surface area contributed by atoms with E-state index in [2.05, 4.69) is 4.99 Å². The zero-order chi connectivity index (χ0) is 17.1. The lowest BCUT2D eigenvalue weighted by Gasteiger charge is -2.09. The third-order valence-electron chi connectivity index (χ3n) is 3.88. The molecule has 3 aromatic rings. The minimum absolute atomic E-state index is 0.0829. The highest BCUT2D eigenvalue weighted by atomic mass is 16.6. The summed E-state index contributed by atoms with van der Waals surface area (Å²) in [5.74, 6) is 0. The SMILES string of the molecule is Cc1cc(C=Nc2ccccc2)c(C)n1-c1cccc([N+](=O)[O-])c1. The summed E-state index contributed by atoms with van der Waals surface area (Å²) in [6.45, 7) is 3.96. The van der Waals surface area contributed by atoms with Gasteiger partial charge in [0.25, 0.3) is 5.69 Å². The maximum absolute atomic E-state index is 11.0. The van der Waals surface area contributed by atoms with Crippen molar-refractivity contribution in [3.8, 4) is 5.69 Å². The van der Waals surface area contributed by atoms with E-state index in [1.165, 1.54) is 6.07 Å². The summed E-state index contributed by atoms with van der Waals surface area (Å²) < 4.78 is 2.00. The molecule has 24 heavy (non-hydrogen) atoms. The van der Waals surface area contributed by atoms with E-state index in [1.54, 1.807) is 12.1 Å². The number of nitrogens with zero attached hydrogens (tertiary/aromatic N) is 3. The van der Waals surface area contributed by atoms with Crippen molar-refractivity contribution in [2.75, 3.05) is 0 Å². The average molecular weight is 319 g/mol. The van der Waals surface area contributed by atoms with Gasteiger partial charge in [0, 0.05) is 35.3 Å². The van der Waals surface area contributed by atoms with Crippen LogP contribution >= 0.6 is 0 Å². The molecule has 0 unspecified atom stereocenters. The molecule has 120 valence electrons. The summed E-state index contributed by atoms with van der Waals surface area (Å²) in [6, 6.07) is 18.4. The molecule has 0 radical (unpaired) electrons. The molecule has 3 rings (SSSR count). The van der Waals surface area contributed by atoms with Gasteiger partial charge in [-0.15, -0.1) is 0 Å². The third kappa shape index (κ3) is 3.10. The van der Waals surface area contributed by atoms with Gasteiger partial charge in [-0.05, 0) is 38.1 Å². The van der Waals surface area contributed by atoms with Crippen LogP contribution in [-0.4, -0.2) is 15.7 Å². The summed E-state index contributed by atoms with van der Waals surface area (Å²) in [6.07, 6.45) is 1.82. The molecule has 0 atom stereocenters. The Bertz CT molecular complexity index is 912. The van der Waals surface area contributed by atoms with Gasteiger partial charge in [0.1, 0.15) is 0 Å². The van der Waals surface area contributed by atoms with E-state index in [0.29, 0.717) is 0 Å². The second kappa shape index (κ2) is 6.50. The lowest BCUT2D eigenvalue weighted by Crippen LogP contribution is -2.00. The Labute approximate surface area is 140 Å². The van der Waals surface area contributed by atoms with E-state index in [0.717, 1.165) is 28.3 Å². The molecule has 0 fully saturated rings. The number of nitro groups is 1. The number of aryl methyl sites for hydroxylation is 1. The number of hydrogen-bond donors (Lipinski definition) is 0. The van der Waals surface area contributed by atoms with Gasteiger partial charge in [0.15, 0.2) is 0 Å². The molecule has 5 heteroatoms. The van der Waals surface area contributed by atoms with E-state index in [9.17, 15) is 10.1 Å². The maximum Gasteiger partial charge on any atom is 0.271 e. The Morgan fingerprint density at radius 1 is 1.04 bits per heavy atom. The van der Waals surface area contributed by atoms with Crippen LogP contribution in [-0.2, 0) is 0 Å². The highest BCUT2D eigenvalue weighted by Crippen LogP contribution is 2.23. The molecule has 1 heterocycles. The van der Waals surface area contributed by atoms with E-state index in [-0.39, 0.29) is 10.6 Å². The molecule has 0 spiro atoms. The van der Waals surface area contributed by atoms with Gasteiger partial charge in [-0.25, -0.2) is 0 Å². The van der Waals surface area contributed by atoms with E-state index in [1.807, 2.05) is 67.1 Å². The van der Waals surface area contributed by atoms with Crippen LogP contribution in [0, 0.1) is 24.0 Å². The fraction of sp³-hybridized carbons (Fsp3) is 0.105. The summed E-state index contributed by atoms with van der Waals surface area (Å²) in [4.78, 5) is 15.1. The fourth-order valence-electron chi connectivity index (χ4n) is 2.72. The summed E-state index contributed by atoms with van der Waals surface area (Å²) >= 11 is 0. The Morgan fingerprint density at radius 3 is 2.50 bits per heavy atom. The van der Waals surface area contributed by atoms with Gasteiger partial charge in [0.05, 0.1) is 16.3 Å². The lowest BCUT2D eigenvalue weighted by atomic mass is 10.2. The van der Waals surface area contributed by atoms with Crippen molar-refractivity contribution in [3.05, 3.63) is 87.7 Å². The van der Waals surface area contributed by atoms with Crippen molar-refractivity contribution >= 4 is 17.6 Å². The number of aromatic nitrogens is 1. The normalized spacial score (nSPS) is 11.1. The third-order valence-corrected chi connectivity index (χ3v) is 3.88. The Kier molecular flexibility index (Phi) is 4.24. The fourth-order valence-corrected chi connectivity index (χ4v) is 2.72. The Hall–Kier alpha value is -3.21. The van der Waals surface area contributed by atoms with Crippen molar-refractivity contribution in [1.29, 1.82) is 0 Å². The van der Waals surface area contributed by atoms with Crippen LogP contribution in [0.5, 0.6) is 0 Å². The van der Waals surface area contributed by atoms with Crippen molar-refractivity contribution < 1.29 is 4.92 Å². The number of nitro benzene ring substituents is 1. The van der Waals surface area contributed by atoms with Gasteiger partial charge >= 0.3 is 0 Å². The van der Waals surface area contributed by atoms with Gasteiger partial charge in [0.2, 0.25) is 0 Å². The maximum atomic E-state index is 11.0. The van der Waals surface area contributed by atoms with Crippen LogP contribution < -0.4 is 0 Å². The molecule has 2 aromatic carbocycles. The van der Waals surface area contributed by atoms with Crippen molar-refractivity contribution in [2.24, 2.45) is 4.99 Å². The van der Waals surface area contributed by atoms with Gasteiger partial charge in [-0.3, -0.25) is 15.1 Å². The van der Waals surface area contributed by atoms with Crippen molar-refractivity contribution in [3.63, 3.8) is 0 Å². The number of para-hydroxylation sites is 1. The first-order chi connectivity index (χ1) is 11.6. The zero-order valence-corrected chi connectivity index (χ0v) is 13.5. The standard InChI is InChI=1S/C19H17N3O2/c1-14-11-16(13-20-17-7-4-3-5-8-17)15(2)21(14)18-9-6-10-19(12-18)22(23)24/h3-13H,1-2H3. The molecule has 0 aliphatic heterocycles. The molecule has 0 N–H and O–H groups in total. The first-order valence-electron chi connectivity index (χ1n) is 7.59. The highest BCUT2D eigenvalue weighted by molar-refractivity contribution is 5.84. The molecule has 0 saturated carbocycles. The first kappa shape index (κ1) is 15.7. The Morgan fingerprint density at radius 2 is 1.79 bits per heavy atom. The molecule has 0 amide bonds. The molecule has 5 nitrogen and oxygen atoms in total. The topological polar surface area (TPSA) is 60.4 Å². The second-order valence-electron chi connectivity index (χ2n) is 5.53. The Balaban J connectivity index is 1.99. The number of rotatable bonds is 4.